The number of hydrogen-bond donors (Lipinski definition) is 0. The lowest BCUT2D eigenvalue weighted by molar-refractivity contribution is 0.327. The van der Waals surface area contributed by atoms with E-state index in [1.54, 1.807) is 28.4 Å². The Morgan fingerprint density at radius 1 is 0.781 bits per heavy atom. The summed E-state index contributed by atoms with van der Waals surface area (Å²) in [6.45, 7) is 2.09. The molecule has 1 saturated heterocycles. The molecule has 0 radical (unpaired) electrons. The quantitative estimate of drug-likeness (QED) is 0.410. The Hall–Kier alpha value is -1.70. The van der Waals surface area contributed by atoms with Crippen molar-refractivity contribution in [2.45, 2.75) is 23.3 Å². The number of ether oxygens (including phenoxy) is 4. The van der Waals surface area contributed by atoms with Crippen molar-refractivity contribution in [3.05, 3.63) is 47.5 Å². The van der Waals surface area contributed by atoms with E-state index in [9.17, 15) is 0 Å². The Morgan fingerprint density at radius 2 is 1.38 bits per heavy atom. The van der Waals surface area contributed by atoms with Crippen LogP contribution in [-0.4, -0.2) is 65.0 Å². The third-order valence-corrected chi connectivity index (χ3v) is 9.45. The summed E-state index contributed by atoms with van der Waals surface area (Å²) in [4.78, 5) is 2.42. The summed E-state index contributed by atoms with van der Waals surface area (Å²) in [5.41, 5.74) is 2.59. The zero-order valence-corrected chi connectivity index (χ0v) is 21.4. The fraction of sp³-hybridized carbons (Fsp3) is 0.520. The number of benzene rings is 2. The monoisotopic (exact) mass is 477 g/mol. The molecule has 0 atom stereocenters. The average Bonchev–Trinajstić information content (AvgIpc) is 3.32. The van der Waals surface area contributed by atoms with Gasteiger partial charge in [-0.05, 0) is 68.2 Å². The van der Waals surface area contributed by atoms with Gasteiger partial charge in [-0.15, -0.1) is 23.5 Å². The van der Waals surface area contributed by atoms with Gasteiger partial charge in [0.15, 0.2) is 23.0 Å². The smallest absolute Gasteiger partial charge is 0.161 e. The third kappa shape index (κ3) is 6.00. The predicted octanol–water partition coefficient (Wildman–Crippen LogP) is 5.31. The number of methoxy groups -OCH3 is 4. The van der Waals surface area contributed by atoms with E-state index in [2.05, 4.69) is 59.7 Å². The summed E-state index contributed by atoms with van der Waals surface area (Å²) in [6.07, 6.45) is 3.27. The normalized spacial score (nSPS) is 15.1. The molecule has 0 amide bonds. The largest absolute Gasteiger partial charge is 0.493 e. The Balaban J connectivity index is 1.55. The van der Waals surface area contributed by atoms with Gasteiger partial charge in [0.1, 0.15) is 0 Å². The van der Waals surface area contributed by atoms with E-state index in [0.29, 0.717) is 0 Å². The molecule has 1 fully saturated rings. The van der Waals surface area contributed by atoms with E-state index >= 15 is 0 Å². The number of hydrogen-bond acceptors (Lipinski definition) is 7. The lowest BCUT2D eigenvalue weighted by Gasteiger charge is -2.29. The molecule has 7 heteroatoms. The second kappa shape index (κ2) is 12.0. The van der Waals surface area contributed by atoms with E-state index in [4.69, 9.17) is 18.9 Å². The van der Waals surface area contributed by atoms with Gasteiger partial charge in [-0.25, -0.2) is 0 Å². The van der Waals surface area contributed by atoms with Crippen molar-refractivity contribution in [1.29, 1.82) is 0 Å². The fourth-order valence-electron chi connectivity index (χ4n) is 4.03. The maximum Gasteiger partial charge on any atom is 0.161 e. The lowest BCUT2D eigenvalue weighted by Crippen LogP contribution is -2.24. The van der Waals surface area contributed by atoms with E-state index in [1.807, 2.05) is 12.1 Å². The molecule has 0 N–H and O–H groups in total. The molecular formula is C25H35NO4S2. The topological polar surface area (TPSA) is 40.2 Å². The van der Waals surface area contributed by atoms with Crippen LogP contribution in [0.3, 0.4) is 0 Å². The van der Waals surface area contributed by atoms with Gasteiger partial charge in [0.25, 0.3) is 0 Å². The van der Waals surface area contributed by atoms with Gasteiger partial charge in [-0.2, -0.15) is 0 Å². The Bertz CT molecular complexity index is 871. The van der Waals surface area contributed by atoms with Gasteiger partial charge in [0.05, 0.1) is 32.5 Å². The van der Waals surface area contributed by atoms with Gasteiger partial charge < -0.3 is 23.8 Å². The highest BCUT2D eigenvalue weighted by Crippen LogP contribution is 2.55. The van der Waals surface area contributed by atoms with Crippen LogP contribution in [0.1, 0.15) is 24.0 Å². The Labute approximate surface area is 201 Å². The minimum Gasteiger partial charge on any atom is -0.493 e. The first-order chi connectivity index (χ1) is 15.5. The van der Waals surface area contributed by atoms with Crippen LogP contribution in [0.5, 0.6) is 23.0 Å². The molecule has 0 unspecified atom stereocenters. The van der Waals surface area contributed by atoms with Gasteiger partial charge in [0, 0.05) is 18.1 Å². The highest BCUT2D eigenvalue weighted by molar-refractivity contribution is 8.20. The van der Waals surface area contributed by atoms with Crippen molar-refractivity contribution < 1.29 is 18.9 Å². The van der Waals surface area contributed by atoms with Gasteiger partial charge in [-0.3, -0.25) is 0 Å². The molecule has 176 valence electrons. The van der Waals surface area contributed by atoms with Gasteiger partial charge in [-0.1, -0.05) is 12.1 Å². The molecule has 2 aromatic carbocycles. The molecule has 1 aliphatic heterocycles. The molecule has 1 heterocycles. The Morgan fingerprint density at radius 3 is 2.00 bits per heavy atom. The van der Waals surface area contributed by atoms with Crippen molar-refractivity contribution in [2.75, 3.05) is 60.1 Å². The SMILES string of the molecule is COc1ccc(CCN(C)CCCC2(c3ccc(OC)c(OC)c3)SCCS2)cc1OC. The van der Waals surface area contributed by atoms with E-state index in [0.717, 1.165) is 55.4 Å². The van der Waals surface area contributed by atoms with Crippen LogP contribution >= 0.6 is 23.5 Å². The molecule has 5 nitrogen and oxygen atoms in total. The van der Waals surface area contributed by atoms with Crippen LogP contribution < -0.4 is 18.9 Å². The molecular weight excluding hydrogens is 442 g/mol. The summed E-state index contributed by atoms with van der Waals surface area (Å²) in [7, 11) is 8.95. The predicted molar refractivity (Wildman–Crippen MR) is 136 cm³/mol. The van der Waals surface area contributed by atoms with Crippen molar-refractivity contribution in [3.63, 3.8) is 0 Å². The van der Waals surface area contributed by atoms with Crippen LogP contribution in [0.2, 0.25) is 0 Å². The molecule has 0 spiro atoms. The molecule has 0 aromatic heterocycles. The number of rotatable bonds is 12. The number of nitrogens with zero attached hydrogens (tertiary/aromatic N) is 1. The van der Waals surface area contributed by atoms with Gasteiger partial charge in [0.2, 0.25) is 0 Å². The molecule has 1 aliphatic rings. The van der Waals surface area contributed by atoms with E-state index in [-0.39, 0.29) is 4.08 Å². The molecule has 32 heavy (non-hydrogen) atoms. The first-order valence-corrected chi connectivity index (χ1v) is 12.9. The van der Waals surface area contributed by atoms with Crippen molar-refractivity contribution in [3.8, 4) is 23.0 Å². The first-order valence-electron chi connectivity index (χ1n) is 10.9. The summed E-state index contributed by atoms with van der Waals surface area (Å²) < 4.78 is 21.9. The summed E-state index contributed by atoms with van der Waals surface area (Å²) in [5, 5.41) is 0. The summed E-state index contributed by atoms with van der Waals surface area (Å²) >= 11 is 4.13. The average molecular weight is 478 g/mol. The fourth-order valence-corrected chi connectivity index (χ4v) is 7.36. The van der Waals surface area contributed by atoms with Crippen LogP contribution in [0, 0.1) is 0 Å². The number of likely N-dealkylation sites (N-methyl/N-ethyl adjacent to an activating group) is 1. The number of thioether (sulfide) groups is 2. The van der Waals surface area contributed by atoms with E-state index < -0.39 is 0 Å². The maximum absolute atomic E-state index is 5.56. The minimum atomic E-state index is 0.101. The molecule has 3 rings (SSSR count). The first kappa shape index (κ1) is 24.9. The molecule has 0 bridgehead atoms. The molecule has 0 saturated carbocycles. The Kier molecular flexibility index (Phi) is 9.32. The maximum atomic E-state index is 5.56. The van der Waals surface area contributed by atoms with Crippen molar-refractivity contribution in [2.24, 2.45) is 0 Å². The lowest BCUT2D eigenvalue weighted by atomic mass is 10.1. The van der Waals surface area contributed by atoms with Gasteiger partial charge >= 0.3 is 0 Å². The highest BCUT2D eigenvalue weighted by Gasteiger charge is 2.37. The second-order valence-electron chi connectivity index (χ2n) is 7.87. The summed E-state index contributed by atoms with van der Waals surface area (Å²) in [6, 6.07) is 12.6. The van der Waals surface area contributed by atoms with E-state index in [1.165, 1.54) is 22.6 Å². The van der Waals surface area contributed by atoms with Crippen LogP contribution in [0.4, 0.5) is 0 Å². The zero-order valence-electron chi connectivity index (χ0n) is 19.8. The molecule has 0 aliphatic carbocycles. The van der Waals surface area contributed by atoms with Crippen LogP contribution in [0.25, 0.3) is 0 Å². The van der Waals surface area contributed by atoms with Crippen molar-refractivity contribution >= 4 is 23.5 Å². The summed E-state index contributed by atoms with van der Waals surface area (Å²) in [5.74, 6) is 5.54. The standard InChI is InChI=1S/C25H35NO4S2/c1-26(14-11-19-7-9-21(27-2)23(17-19)29-4)13-6-12-25(31-15-16-32-25)20-8-10-22(28-3)24(18-20)30-5/h7-10,17-18H,6,11-16H2,1-5H3. The van der Waals surface area contributed by atoms with Crippen LogP contribution in [0.15, 0.2) is 36.4 Å². The van der Waals surface area contributed by atoms with Crippen LogP contribution in [-0.2, 0) is 10.5 Å². The third-order valence-electron chi connectivity index (χ3n) is 5.85. The minimum absolute atomic E-state index is 0.101. The zero-order chi connectivity index (χ0) is 23.0. The molecule has 2 aromatic rings. The highest BCUT2D eigenvalue weighted by atomic mass is 32.2. The van der Waals surface area contributed by atoms with Crippen molar-refractivity contribution in [1.82, 2.24) is 4.90 Å². The second-order valence-corrected chi connectivity index (χ2v) is 10.9.